The molecule has 2 fully saturated rings. The normalized spacial score (nSPS) is 21.2. The third-order valence-corrected chi connectivity index (χ3v) is 5.84. The molecule has 30 heavy (non-hydrogen) atoms. The predicted octanol–water partition coefficient (Wildman–Crippen LogP) is 2.93. The first kappa shape index (κ1) is 20.6. The molecular formula is C21H26F2N4O3. The highest BCUT2D eigenvalue weighted by molar-refractivity contribution is 5.82. The van der Waals surface area contributed by atoms with Crippen LogP contribution in [-0.4, -0.2) is 71.7 Å². The Morgan fingerprint density at radius 2 is 2.03 bits per heavy atom. The van der Waals surface area contributed by atoms with Gasteiger partial charge in [0.2, 0.25) is 5.91 Å². The lowest BCUT2D eigenvalue weighted by Crippen LogP contribution is -2.44. The average Bonchev–Trinajstić information content (AvgIpc) is 3.47. The summed E-state index contributed by atoms with van der Waals surface area (Å²) in [5.74, 6) is -1.84. The van der Waals surface area contributed by atoms with Gasteiger partial charge in [-0.2, -0.15) is 5.10 Å². The standard InChI is InChI=1S/C21H26F2N4O3/c1-29-15-5-6-18(30-2)16(9-15)19-14(11-24-25-19)12-27-13-21(22,23)10-17(27)20(28)26-7-3-4-8-26/h5-6,9,11,17H,3-4,7-8,10,12-13H2,1-2H3,(H,24,25)/t17-/m0/s1. The molecule has 2 aliphatic heterocycles. The number of amides is 1. The molecule has 7 nitrogen and oxygen atoms in total. The maximum atomic E-state index is 14.3. The van der Waals surface area contributed by atoms with E-state index in [4.69, 9.17) is 9.47 Å². The van der Waals surface area contributed by atoms with Crippen molar-refractivity contribution in [2.45, 2.75) is 37.8 Å². The van der Waals surface area contributed by atoms with Crippen molar-refractivity contribution in [2.24, 2.45) is 0 Å². The minimum absolute atomic E-state index is 0.187. The van der Waals surface area contributed by atoms with Gasteiger partial charge in [-0.25, -0.2) is 8.78 Å². The van der Waals surface area contributed by atoms with E-state index < -0.39 is 24.9 Å². The first-order chi connectivity index (χ1) is 14.4. The van der Waals surface area contributed by atoms with E-state index in [0.29, 0.717) is 30.3 Å². The van der Waals surface area contributed by atoms with Gasteiger partial charge in [-0.15, -0.1) is 0 Å². The molecule has 1 N–H and O–H groups in total. The molecule has 0 spiro atoms. The van der Waals surface area contributed by atoms with E-state index in [9.17, 15) is 13.6 Å². The number of rotatable bonds is 6. The van der Waals surface area contributed by atoms with Crippen LogP contribution in [0.1, 0.15) is 24.8 Å². The van der Waals surface area contributed by atoms with E-state index in [1.54, 1.807) is 48.4 Å². The molecule has 4 rings (SSSR count). The Bertz CT molecular complexity index is 911. The van der Waals surface area contributed by atoms with Crippen molar-refractivity contribution < 1.29 is 23.0 Å². The Hall–Kier alpha value is -2.68. The molecule has 3 heterocycles. The number of ether oxygens (including phenoxy) is 2. The molecule has 1 aromatic heterocycles. The van der Waals surface area contributed by atoms with Crippen LogP contribution in [0.15, 0.2) is 24.4 Å². The summed E-state index contributed by atoms with van der Waals surface area (Å²) in [5.41, 5.74) is 2.10. The maximum absolute atomic E-state index is 14.3. The summed E-state index contributed by atoms with van der Waals surface area (Å²) in [6.07, 6.45) is 3.02. The number of likely N-dealkylation sites (tertiary alicyclic amines) is 2. The topological polar surface area (TPSA) is 70.7 Å². The lowest BCUT2D eigenvalue weighted by Gasteiger charge is -2.27. The fourth-order valence-electron chi connectivity index (χ4n) is 4.33. The number of nitrogens with zero attached hydrogens (tertiary/aromatic N) is 3. The number of hydrogen-bond acceptors (Lipinski definition) is 5. The summed E-state index contributed by atoms with van der Waals surface area (Å²) in [6, 6.07) is 4.54. The summed E-state index contributed by atoms with van der Waals surface area (Å²) < 4.78 is 39.3. The Morgan fingerprint density at radius 1 is 1.27 bits per heavy atom. The molecule has 0 radical (unpaired) electrons. The van der Waals surface area contributed by atoms with Crippen molar-refractivity contribution >= 4 is 5.91 Å². The molecule has 0 bridgehead atoms. The van der Waals surface area contributed by atoms with Crippen LogP contribution >= 0.6 is 0 Å². The Kier molecular flexibility index (Phi) is 5.64. The van der Waals surface area contributed by atoms with Crippen LogP contribution < -0.4 is 9.47 Å². The molecule has 162 valence electrons. The fraction of sp³-hybridized carbons (Fsp3) is 0.524. The minimum atomic E-state index is -2.89. The number of hydrogen-bond donors (Lipinski definition) is 1. The van der Waals surface area contributed by atoms with E-state index in [1.807, 2.05) is 0 Å². The van der Waals surface area contributed by atoms with Crippen LogP contribution in [0, 0.1) is 0 Å². The number of nitrogens with one attached hydrogen (secondary N) is 1. The number of benzene rings is 1. The molecule has 2 aromatic rings. The van der Waals surface area contributed by atoms with Gasteiger partial charge in [0.15, 0.2) is 0 Å². The highest BCUT2D eigenvalue weighted by Crippen LogP contribution is 2.38. The molecule has 9 heteroatoms. The second-order valence-corrected chi connectivity index (χ2v) is 7.85. The third-order valence-electron chi connectivity index (χ3n) is 5.84. The largest absolute Gasteiger partial charge is 0.497 e. The van der Waals surface area contributed by atoms with Crippen LogP contribution in [0.25, 0.3) is 11.3 Å². The van der Waals surface area contributed by atoms with Gasteiger partial charge in [0.1, 0.15) is 11.5 Å². The maximum Gasteiger partial charge on any atom is 0.262 e. The summed E-state index contributed by atoms with van der Waals surface area (Å²) in [6.45, 7) is 1.03. The Morgan fingerprint density at radius 3 is 2.73 bits per heavy atom. The zero-order valence-electron chi connectivity index (χ0n) is 17.2. The van der Waals surface area contributed by atoms with E-state index in [0.717, 1.165) is 24.0 Å². The number of alkyl halides is 2. The van der Waals surface area contributed by atoms with Gasteiger partial charge in [0, 0.05) is 37.2 Å². The summed E-state index contributed by atoms with van der Waals surface area (Å²) in [4.78, 5) is 16.2. The molecule has 0 saturated carbocycles. The monoisotopic (exact) mass is 420 g/mol. The number of methoxy groups -OCH3 is 2. The molecular weight excluding hydrogens is 394 g/mol. The van der Waals surface area contributed by atoms with Crippen LogP contribution in [-0.2, 0) is 11.3 Å². The summed E-state index contributed by atoms with van der Waals surface area (Å²) in [7, 11) is 3.13. The van der Waals surface area contributed by atoms with Gasteiger partial charge in [0.25, 0.3) is 5.92 Å². The zero-order chi connectivity index (χ0) is 21.3. The molecule has 0 aliphatic carbocycles. The highest BCUT2D eigenvalue weighted by atomic mass is 19.3. The van der Waals surface area contributed by atoms with Gasteiger partial charge in [-0.3, -0.25) is 14.8 Å². The van der Waals surface area contributed by atoms with E-state index in [2.05, 4.69) is 10.2 Å². The van der Waals surface area contributed by atoms with E-state index in [-0.39, 0.29) is 12.5 Å². The van der Waals surface area contributed by atoms with Crippen LogP contribution in [0.3, 0.4) is 0 Å². The van der Waals surface area contributed by atoms with Crippen molar-refractivity contribution in [1.82, 2.24) is 20.0 Å². The van der Waals surface area contributed by atoms with Crippen molar-refractivity contribution in [3.05, 3.63) is 30.0 Å². The van der Waals surface area contributed by atoms with Crippen LogP contribution in [0.2, 0.25) is 0 Å². The van der Waals surface area contributed by atoms with Gasteiger partial charge < -0.3 is 14.4 Å². The molecule has 2 saturated heterocycles. The number of halogens is 2. The Balaban J connectivity index is 1.62. The average molecular weight is 420 g/mol. The lowest BCUT2D eigenvalue weighted by molar-refractivity contribution is -0.135. The number of aromatic amines is 1. The summed E-state index contributed by atoms with van der Waals surface area (Å²) in [5, 5.41) is 7.07. The second kappa shape index (κ2) is 8.22. The third kappa shape index (κ3) is 3.98. The first-order valence-electron chi connectivity index (χ1n) is 10.1. The summed E-state index contributed by atoms with van der Waals surface area (Å²) >= 11 is 0. The van der Waals surface area contributed by atoms with Gasteiger partial charge in [-0.1, -0.05) is 0 Å². The molecule has 1 atom stereocenters. The number of aromatic nitrogens is 2. The predicted molar refractivity (Wildman–Crippen MR) is 107 cm³/mol. The number of carbonyl (C=O) groups excluding carboxylic acids is 1. The molecule has 0 unspecified atom stereocenters. The lowest BCUT2D eigenvalue weighted by atomic mass is 10.1. The van der Waals surface area contributed by atoms with Crippen molar-refractivity contribution in [3.8, 4) is 22.8 Å². The molecule has 1 amide bonds. The van der Waals surface area contributed by atoms with E-state index >= 15 is 0 Å². The first-order valence-corrected chi connectivity index (χ1v) is 10.1. The molecule has 1 aromatic carbocycles. The second-order valence-electron chi connectivity index (χ2n) is 7.85. The van der Waals surface area contributed by atoms with Crippen LogP contribution in [0.4, 0.5) is 8.78 Å². The van der Waals surface area contributed by atoms with E-state index in [1.165, 1.54) is 0 Å². The van der Waals surface area contributed by atoms with Crippen LogP contribution in [0.5, 0.6) is 11.5 Å². The Labute approximate surface area is 173 Å². The molecule has 2 aliphatic rings. The van der Waals surface area contributed by atoms with Crippen molar-refractivity contribution in [1.29, 1.82) is 0 Å². The quantitative estimate of drug-likeness (QED) is 0.778. The van der Waals surface area contributed by atoms with Gasteiger partial charge in [-0.05, 0) is 31.0 Å². The fourth-order valence-corrected chi connectivity index (χ4v) is 4.33. The SMILES string of the molecule is COc1ccc(OC)c(-c2[nH]ncc2CN2CC(F)(F)C[C@H]2C(=O)N2CCCC2)c1. The van der Waals surface area contributed by atoms with Crippen molar-refractivity contribution in [2.75, 3.05) is 33.9 Å². The smallest absolute Gasteiger partial charge is 0.262 e. The minimum Gasteiger partial charge on any atom is -0.497 e. The number of H-pyrrole nitrogens is 1. The van der Waals surface area contributed by atoms with Crippen molar-refractivity contribution in [3.63, 3.8) is 0 Å². The highest BCUT2D eigenvalue weighted by Gasteiger charge is 2.49. The van der Waals surface area contributed by atoms with Gasteiger partial charge in [0.05, 0.1) is 38.7 Å². The number of carbonyl (C=O) groups is 1. The zero-order valence-corrected chi connectivity index (χ0v) is 17.2. The van der Waals surface area contributed by atoms with Gasteiger partial charge >= 0.3 is 0 Å².